The van der Waals surface area contributed by atoms with Crippen LogP contribution in [0.15, 0.2) is 75.0 Å². The molecular formula is C27H24Cl2N2O2S. The van der Waals surface area contributed by atoms with E-state index in [9.17, 15) is 4.79 Å². The minimum absolute atomic E-state index is 0.0165. The topological polar surface area (TPSA) is 45.8 Å². The summed E-state index contributed by atoms with van der Waals surface area (Å²) in [6.07, 6.45) is 6.25. The lowest BCUT2D eigenvalue weighted by Crippen LogP contribution is -2.44. The van der Waals surface area contributed by atoms with Gasteiger partial charge in [0.15, 0.2) is 5.17 Å². The Bertz CT molecular complexity index is 1270. The average Bonchev–Trinajstić information content (AvgIpc) is 3.42. The Kier molecular flexibility index (Phi) is 6.87. The van der Waals surface area contributed by atoms with Gasteiger partial charge >= 0.3 is 0 Å². The first-order chi connectivity index (χ1) is 16.5. The lowest BCUT2D eigenvalue weighted by Gasteiger charge is -2.35. The van der Waals surface area contributed by atoms with Crippen LogP contribution in [0.3, 0.4) is 0 Å². The molecule has 2 heterocycles. The Morgan fingerprint density at radius 1 is 1.03 bits per heavy atom. The molecule has 2 atom stereocenters. The maximum atomic E-state index is 13.6. The zero-order valence-electron chi connectivity index (χ0n) is 18.7. The highest BCUT2D eigenvalue weighted by atomic mass is 35.5. The smallest absolute Gasteiger partial charge is 0.267 e. The summed E-state index contributed by atoms with van der Waals surface area (Å²) in [7, 11) is 0. The molecule has 0 spiro atoms. The summed E-state index contributed by atoms with van der Waals surface area (Å²) in [4.78, 5) is 21.0. The standard InChI is InChI=1S/C27H24Cl2N2O2S/c1-17-8-5-6-13-22(17)31-26(32)24(34-27(31)30-18-9-3-2-4-10-18)16-19-14-15-23(33-19)20-11-7-12-21(28)25(20)29/h2-4,7,9-12,14-17,22H,5-6,8,13H2,1H3/b24-16-,30-27?/t17-,22-/m0/s1. The molecule has 2 aromatic carbocycles. The number of hydrogen-bond acceptors (Lipinski definition) is 4. The number of hydrogen-bond donors (Lipinski definition) is 0. The second kappa shape index (κ2) is 10.0. The number of carbonyl (C=O) groups excluding carboxylic acids is 1. The molecular weight excluding hydrogens is 487 g/mol. The highest BCUT2D eigenvalue weighted by Gasteiger charge is 2.41. The Hall–Kier alpha value is -2.47. The van der Waals surface area contributed by atoms with Crippen LogP contribution < -0.4 is 0 Å². The quantitative estimate of drug-likeness (QED) is 0.330. The van der Waals surface area contributed by atoms with E-state index in [1.807, 2.05) is 59.5 Å². The number of halogens is 2. The number of rotatable bonds is 4. The third-order valence-electron chi connectivity index (χ3n) is 6.33. The molecule has 0 unspecified atom stereocenters. The number of benzene rings is 2. The minimum Gasteiger partial charge on any atom is -0.457 e. The molecule has 0 N–H and O–H groups in total. The van der Waals surface area contributed by atoms with Crippen molar-refractivity contribution in [2.75, 3.05) is 0 Å². The van der Waals surface area contributed by atoms with Crippen LogP contribution in [-0.2, 0) is 4.79 Å². The maximum Gasteiger partial charge on any atom is 0.267 e. The summed E-state index contributed by atoms with van der Waals surface area (Å²) in [5.74, 6) is 1.60. The molecule has 1 aliphatic heterocycles. The van der Waals surface area contributed by atoms with Crippen molar-refractivity contribution in [3.63, 3.8) is 0 Å². The van der Waals surface area contributed by atoms with Gasteiger partial charge in [-0.1, -0.05) is 67.2 Å². The van der Waals surface area contributed by atoms with Gasteiger partial charge in [-0.3, -0.25) is 9.69 Å². The van der Waals surface area contributed by atoms with Crippen LogP contribution in [0, 0.1) is 5.92 Å². The molecule has 1 saturated heterocycles. The molecule has 0 bridgehead atoms. The van der Waals surface area contributed by atoms with Crippen molar-refractivity contribution in [1.29, 1.82) is 0 Å². The fraction of sp³-hybridized carbons (Fsp3) is 0.259. The number of thioether (sulfide) groups is 1. The lowest BCUT2D eigenvalue weighted by molar-refractivity contribution is -0.124. The molecule has 7 heteroatoms. The lowest BCUT2D eigenvalue weighted by atomic mass is 9.85. The van der Waals surface area contributed by atoms with Gasteiger partial charge in [0.05, 0.1) is 20.6 Å². The fourth-order valence-electron chi connectivity index (χ4n) is 4.55. The van der Waals surface area contributed by atoms with E-state index in [1.165, 1.54) is 18.2 Å². The Morgan fingerprint density at radius 3 is 2.62 bits per heavy atom. The van der Waals surface area contributed by atoms with Gasteiger partial charge in [0, 0.05) is 17.7 Å². The maximum absolute atomic E-state index is 13.6. The first-order valence-electron chi connectivity index (χ1n) is 11.4. The molecule has 34 heavy (non-hydrogen) atoms. The predicted molar refractivity (Wildman–Crippen MR) is 142 cm³/mol. The normalized spacial score (nSPS) is 23.3. The van der Waals surface area contributed by atoms with E-state index in [4.69, 9.17) is 32.6 Å². The molecule has 2 aliphatic rings. The van der Waals surface area contributed by atoms with Crippen LogP contribution in [-0.4, -0.2) is 22.0 Å². The van der Waals surface area contributed by atoms with Gasteiger partial charge in [-0.15, -0.1) is 0 Å². The van der Waals surface area contributed by atoms with Gasteiger partial charge in [0.1, 0.15) is 11.5 Å². The summed E-state index contributed by atoms with van der Waals surface area (Å²) in [5.41, 5.74) is 1.55. The van der Waals surface area contributed by atoms with Gasteiger partial charge < -0.3 is 4.42 Å². The molecule has 4 nitrogen and oxygen atoms in total. The largest absolute Gasteiger partial charge is 0.457 e. The zero-order valence-corrected chi connectivity index (χ0v) is 21.0. The van der Waals surface area contributed by atoms with E-state index in [2.05, 4.69) is 6.92 Å². The van der Waals surface area contributed by atoms with Crippen molar-refractivity contribution < 1.29 is 9.21 Å². The van der Waals surface area contributed by atoms with Gasteiger partial charge in [-0.2, -0.15) is 0 Å². The molecule has 3 aromatic rings. The van der Waals surface area contributed by atoms with E-state index >= 15 is 0 Å². The van der Waals surface area contributed by atoms with Crippen LogP contribution in [0.2, 0.25) is 10.0 Å². The number of aliphatic imine (C=N–C) groups is 1. The van der Waals surface area contributed by atoms with Crippen molar-refractivity contribution in [3.8, 4) is 11.3 Å². The highest BCUT2D eigenvalue weighted by molar-refractivity contribution is 8.18. The molecule has 5 rings (SSSR count). The third kappa shape index (κ3) is 4.70. The Balaban J connectivity index is 1.49. The number of furan rings is 1. The number of para-hydroxylation sites is 1. The van der Waals surface area contributed by atoms with Crippen LogP contribution in [0.4, 0.5) is 5.69 Å². The average molecular weight is 511 g/mol. The van der Waals surface area contributed by atoms with E-state index < -0.39 is 0 Å². The monoisotopic (exact) mass is 510 g/mol. The van der Waals surface area contributed by atoms with Crippen molar-refractivity contribution in [2.24, 2.45) is 10.9 Å². The second-order valence-electron chi connectivity index (χ2n) is 8.65. The van der Waals surface area contributed by atoms with Crippen LogP contribution in [0.1, 0.15) is 38.4 Å². The summed E-state index contributed by atoms with van der Waals surface area (Å²) in [6, 6.07) is 19.0. The fourth-order valence-corrected chi connectivity index (χ4v) is 5.97. The minimum atomic E-state index is -0.0165. The predicted octanol–water partition coefficient (Wildman–Crippen LogP) is 8.44. The van der Waals surface area contributed by atoms with Crippen molar-refractivity contribution in [2.45, 2.75) is 38.6 Å². The number of amidine groups is 1. The van der Waals surface area contributed by atoms with Crippen LogP contribution in [0.5, 0.6) is 0 Å². The summed E-state index contributed by atoms with van der Waals surface area (Å²) >= 11 is 13.9. The van der Waals surface area contributed by atoms with Crippen molar-refractivity contribution in [1.82, 2.24) is 4.90 Å². The SMILES string of the molecule is C[C@H]1CCCC[C@@H]1N1C(=O)/C(=C/c2ccc(-c3cccc(Cl)c3Cl)o2)SC1=Nc1ccccc1. The van der Waals surface area contributed by atoms with E-state index in [0.29, 0.717) is 38.0 Å². The summed E-state index contributed by atoms with van der Waals surface area (Å²) < 4.78 is 6.03. The number of carbonyl (C=O) groups is 1. The number of amides is 1. The third-order valence-corrected chi connectivity index (χ3v) is 8.13. The molecule has 2 fully saturated rings. The zero-order chi connectivity index (χ0) is 23.7. The van der Waals surface area contributed by atoms with Crippen molar-refractivity contribution in [3.05, 3.63) is 81.4 Å². The highest BCUT2D eigenvalue weighted by Crippen LogP contribution is 2.41. The summed E-state index contributed by atoms with van der Waals surface area (Å²) in [5, 5.41) is 1.64. The molecule has 1 saturated carbocycles. The molecule has 1 aliphatic carbocycles. The van der Waals surface area contributed by atoms with E-state index in [1.54, 1.807) is 12.1 Å². The first kappa shape index (κ1) is 23.3. The Labute approximate surface area is 213 Å². The van der Waals surface area contributed by atoms with Gasteiger partial charge in [0.25, 0.3) is 5.91 Å². The van der Waals surface area contributed by atoms with Gasteiger partial charge in [-0.25, -0.2) is 4.99 Å². The van der Waals surface area contributed by atoms with E-state index in [-0.39, 0.29) is 11.9 Å². The number of nitrogens with zero attached hydrogens (tertiary/aromatic N) is 2. The van der Waals surface area contributed by atoms with Crippen LogP contribution >= 0.6 is 35.0 Å². The molecule has 174 valence electrons. The van der Waals surface area contributed by atoms with Crippen molar-refractivity contribution >= 4 is 57.8 Å². The second-order valence-corrected chi connectivity index (χ2v) is 10.4. The molecule has 1 aromatic heterocycles. The summed E-state index contributed by atoms with van der Waals surface area (Å²) in [6.45, 7) is 2.23. The van der Waals surface area contributed by atoms with Crippen LogP contribution in [0.25, 0.3) is 17.4 Å². The van der Waals surface area contributed by atoms with E-state index in [0.717, 1.165) is 30.1 Å². The van der Waals surface area contributed by atoms with Gasteiger partial charge in [-0.05, 0) is 66.9 Å². The van der Waals surface area contributed by atoms with Gasteiger partial charge in [0.2, 0.25) is 0 Å². The Morgan fingerprint density at radius 2 is 1.82 bits per heavy atom. The first-order valence-corrected chi connectivity index (χ1v) is 13.0. The molecule has 1 amide bonds. The molecule has 0 radical (unpaired) electrons.